The highest BCUT2D eigenvalue weighted by Crippen LogP contribution is 2.29. The Labute approximate surface area is 155 Å². The van der Waals surface area contributed by atoms with Crippen molar-refractivity contribution < 1.29 is 8.42 Å². The van der Waals surface area contributed by atoms with Crippen molar-refractivity contribution >= 4 is 37.6 Å². The number of nitrogens with one attached hydrogen (secondary N) is 2. The van der Waals surface area contributed by atoms with Gasteiger partial charge in [-0.3, -0.25) is 9.78 Å². The normalized spacial score (nSPS) is 13.4. The van der Waals surface area contributed by atoms with Gasteiger partial charge in [0.25, 0.3) is 0 Å². The molecule has 9 nitrogen and oxygen atoms in total. The summed E-state index contributed by atoms with van der Waals surface area (Å²) >= 11 is 0. The highest BCUT2D eigenvalue weighted by Gasteiger charge is 2.14. The Morgan fingerprint density at radius 1 is 1.30 bits per heavy atom. The number of hydrogen-bond acceptors (Lipinski definition) is 6. The number of nitrogen functional groups attached to an aromatic ring is 1. The number of nitrogens with two attached hydrogens (primary N) is 1. The third-order valence-electron chi connectivity index (χ3n) is 4.22. The van der Waals surface area contributed by atoms with Gasteiger partial charge in [0, 0.05) is 29.4 Å². The van der Waals surface area contributed by atoms with Crippen LogP contribution in [0.25, 0.3) is 33.1 Å². The maximum absolute atomic E-state index is 11.4. The minimum Gasteiger partial charge on any atom is -0.383 e. The number of nitrogens with zero attached hydrogens (tertiary/aromatic N) is 4. The molecule has 0 aliphatic rings. The molecule has 1 atom stereocenters. The number of benzene rings is 1. The van der Waals surface area contributed by atoms with Crippen LogP contribution in [0.1, 0.15) is 6.92 Å². The van der Waals surface area contributed by atoms with Crippen molar-refractivity contribution in [1.82, 2.24) is 29.7 Å². The Morgan fingerprint density at radius 2 is 2.11 bits per heavy atom. The second-order valence-electron chi connectivity index (χ2n) is 6.60. The van der Waals surface area contributed by atoms with Crippen molar-refractivity contribution in [3.8, 4) is 11.3 Å². The molecule has 0 fully saturated rings. The lowest BCUT2D eigenvalue weighted by molar-refractivity contribution is 0.499. The number of aromatic amines is 1. The van der Waals surface area contributed by atoms with Crippen LogP contribution in [0.5, 0.6) is 0 Å². The van der Waals surface area contributed by atoms with E-state index in [0.29, 0.717) is 12.4 Å². The van der Waals surface area contributed by atoms with E-state index in [1.165, 1.54) is 0 Å². The number of fused-ring (bicyclic) bond motifs is 3. The monoisotopic (exact) mass is 385 g/mol. The SMILES string of the molecule is CC(Cn1cc2c(N)nc3cc(-c4ccn[nH]4)ccc3c2n1)NS(C)(=O)=O. The fraction of sp³-hybridized carbons (Fsp3) is 0.235. The number of pyridine rings is 1. The van der Waals surface area contributed by atoms with Crippen LogP contribution < -0.4 is 10.5 Å². The van der Waals surface area contributed by atoms with Crippen LogP contribution in [0.2, 0.25) is 0 Å². The summed E-state index contributed by atoms with van der Waals surface area (Å²) in [5, 5.41) is 13.1. The van der Waals surface area contributed by atoms with Crippen molar-refractivity contribution in [1.29, 1.82) is 0 Å². The Kier molecular flexibility index (Phi) is 4.08. The van der Waals surface area contributed by atoms with Crippen molar-refractivity contribution in [2.75, 3.05) is 12.0 Å². The number of H-pyrrole nitrogens is 1. The molecule has 0 spiro atoms. The first-order valence-corrected chi connectivity index (χ1v) is 10.2. The average molecular weight is 385 g/mol. The zero-order chi connectivity index (χ0) is 19.2. The molecular formula is C17H19N7O2S. The molecule has 27 heavy (non-hydrogen) atoms. The predicted molar refractivity (Wildman–Crippen MR) is 104 cm³/mol. The van der Waals surface area contributed by atoms with Crippen molar-refractivity contribution in [2.24, 2.45) is 0 Å². The molecule has 0 aliphatic carbocycles. The summed E-state index contributed by atoms with van der Waals surface area (Å²) in [5.74, 6) is 0.384. The minimum atomic E-state index is -3.28. The molecule has 10 heteroatoms. The van der Waals surface area contributed by atoms with Gasteiger partial charge in [-0.1, -0.05) is 6.07 Å². The van der Waals surface area contributed by atoms with Gasteiger partial charge in [0.1, 0.15) is 11.3 Å². The van der Waals surface area contributed by atoms with Gasteiger partial charge >= 0.3 is 0 Å². The first-order valence-electron chi connectivity index (χ1n) is 8.33. The van der Waals surface area contributed by atoms with E-state index in [0.717, 1.165) is 39.3 Å². The zero-order valence-electron chi connectivity index (χ0n) is 14.8. The lowest BCUT2D eigenvalue weighted by Gasteiger charge is -2.11. The lowest BCUT2D eigenvalue weighted by Crippen LogP contribution is -2.34. The van der Waals surface area contributed by atoms with Crippen molar-refractivity contribution in [3.63, 3.8) is 0 Å². The summed E-state index contributed by atoms with van der Waals surface area (Å²) in [6, 6.07) is 7.44. The Bertz CT molecular complexity index is 1230. The molecule has 140 valence electrons. The minimum absolute atomic E-state index is 0.304. The fourth-order valence-corrected chi connectivity index (χ4v) is 3.99. The van der Waals surface area contributed by atoms with E-state index in [1.807, 2.05) is 24.3 Å². The van der Waals surface area contributed by atoms with Crippen LogP contribution in [0.3, 0.4) is 0 Å². The van der Waals surface area contributed by atoms with Crippen LogP contribution in [-0.4, -0.2) is 45.7 Å². The predicted octanol–water partition coefficient (Wildman–Crippen LogP) is 1.49. The average Bonchev–Trinajstić information content (AvgIpc) is 3.22. The molecular weight excluding hydrogens is 366 g/mol. The van der Waals surface area contributed by atoms with Crippen LogP contribution >= 0.6 is 0 Å². The van der Waals surface area contributed by atoms with Gasteiger partial charge in [0.15, 0.2) is 0 Å². The number of rotatable bonds is 5. The molecule has 3 heterocycles. The smallest absolute Gasteiger partial charge is 0.209 e. The molecule has 0 bridgehead atoms. The molecule has 0 aliphatic heterocycles. The van der Waals surface area contributed by atoms with Crippen LogP contribution in [0, 0.1) is 0 Å². The third-order valence-corrected chi connectivity index (χ3v) is 5.05. The van der Waals surface area contributed by atoms with Crippen molar-refractivity contribution in [3.05, 3.63) is 36.7 Å². The van der Waals surface area contributed by atoms with E-state index in [1.54, 1.807) is 24.0 Å². The number of aromatic nitrogens is 5. The molecule has 0 amide bonds. The summed E-state index contributed by atoms with van der Waals surface area (Å²) in [6.07, 6.45) is 4.62. The second-order valence-corrected chi connectivity index (χ2v) is 8.38. The Hall–Kier alpha value is -2.98. The van der Waals surface area contributed by atoms with E-state index in [9.17, 15) is 8.42 Å². The van der Waals surface area contributed by atoms with E-state index >= 15 is 0 Å². The van der Waals surface area contributed by atoms with E-state index in [2.05, 4.69) is 25.0 Å². The summed E-state index contributed by atoms with van der Waals surface area (Å²) in [4.78, 5) is 4.50. The Morgan fingerprint density at radius 3 is 2.81 bits per heavy atom. The number of hydrogen-bond donors (Lipinski definition) is 3. The summed E-state index contributed by atoms with van der Waals surface area (Å²) in [5.41, 5.74) is 9.46. The Balaban J connectivity index is 1.76. The summed E-state index contributed by atoms with van der Waals surface area (Å²) in [6.45, 7) is 2.17. The number of anilines is 1. The molecule has 0 saturated carbocycles. The summed E-state index contributed by atoms with van der Waals surface area (Å²) in [7, 11) is -3.28. The van der Waals surface area contributed by atoms with Gasteiger partial charge in [0.2, 0.25) is 10.0 Å². The van der Waals surface area contributed by atoms with Gasteiger partial charge in [-0.15, -0.1) is 0 Å². The maximum Gasteiger partial charge on any atom is 0.209 e. The van der Waals surface area contributed by atoms with Crippen LogP contribution in [0.4, 0.5) is 5.82 Å². The fourth-order valence-electron chi connectivity index (χ4n) is 3.18. The second kappa shape index (κ2) is 6.32. The van der Waals surface area contributed by atoms with Crippen LogP contribution in [0.15, 0.2) is 36.7 Å². The molecule has 0 saturated heterocycles. The standard InChI is InChI=1S/C17H19N7O2S/c1-10(23-27(2,25)26)8-24-9-13-16(22-24)12-4-3-11(14-5-6-19-21-14)7-15(12)20-17(13)18/h3-7,9-10,23H,8H2,1-2H3,(H2,18,20)(H,19,21). The zero-order valence-corrected chi connectivity index (χ0v) is 15.7. The maximum atomic E-state index is 11.4. The first kappa shape index (κ1) is 17.4. The molecule has 3 aromatic heterocycles. The molecule has 4 rings (SSSR count). The topological polar surface area (TPSA) is 132 Å². The van der Waals surface area contributed by atoms with E-state index in [-0.39, 0.29) is 6.04 Å². The van der Waals surface area contributed by atoms with Crippen molar-refractivity contribution in [2.45, 2.75) is 19.5 Å². The summed E-state index contributed by atoms with van der Waals surface area (Å²) < 4.78 is 27.0. The lowest BCUT2D eigenvalue weighted by atomic mass is 10.1. The van der Waals surface area contributed by atoms with Gasteiger partial charge in [-0.2, -0.15) is 10.2 Å². The quantitative estimate of drug-likeness (QED) is 0.477. The van der Waals surface area contributed by atoms with E-state index < -0.39 is 10.0 Å². The number of sulfonamides is 1. The van der Waals surface area contributed by atoms with Gasteiger partial charge < -0.3 is 5.73 Å². The first-order chi connectivity index (χ1) is 12.8. The molecule has 4 aromatic rings. The largest absolute Gasteiger partial charge is 0.383 e. The third kappa shape index (κ3) is 3.49. The van der Waals surface area contributed by atoms with Gasteiger partial charge in [-0.05, 0) is 25.1 Å². The van der Waals surface area contributed by atoms with Gasteiger partial charge in [-0.25, -0.2) is 18.1 Å². The highest BCUT2D eigenvalue weighted by atomic mass is 32.2. The molecule has 0 radical (unpaired) electrons. The van der Waals surface area contributed by atoms with E-state index in [4.69, 9.17) is 5.73 Å². The van der Waals surface area contributed by atoms with Gasteiger partial charge in [0.05, 0.1) is 29.4 Å². The molecule has 1 unspecified atom stereocenters. The van der Waals surface area contributed by atoms with Crippen LogP contribution in [-0.2, 0) is 16.6 Å². The highest BCUT2D eigenvalue weighted by molar-refractivity contribution is 7.88. The molecule has 4 N–H and O–H groups in total. The molecule has 1 aromatic carbocycles.